The van der Waals surface area contributed by atoms with Gasteiger partial charge in [0.1, 0.15) is 0 Å². The van der Waals surface area contributed by atoms with Gasteiger partial charge in [0.15, 0.2) is 0 Å². The first kappa shape index (κ1) is 16.0. The van der Waals surface area contributed by atoms with Crippen molar-refractivity contribution >= 4 is 22.4 Å². The monoisotopic (exact) mass is 335 g/mol. The van der Waals surface area contributed by atoms with Crippen LogP contribution in [-0.2, 0) is 6.54 Å². The van der Waals surface area contributed by atoms with Gasteiger partial charge in [-0.05, 0) is 48.6 Å². The zero-order valence-corrected chi connectivity index (χ0v) is 14.7. The molecule has 1 aliphatic carbocycles. The van der Waals surface area contributed by atoms with Gasteiger partial charge in [-0.1, -0.05) is 44.4 Å². The normalized spacial score (nSPS) is 20.7. The van der Waals surface area contributed by atoms with Crippen LogP contribution < -0.4 is 11.0 Å². The molecular formula is C21H25N3O. The van der Waals surface area contributed by atoms with Gasteiger partial charge in [-0.2, -0.15) is 0 Å². The van der Waals surface area contributed by atoms with E-state index in [2.05, 4.69) is 17.2 Å². The van der Waals surface area contributed by atoms with E-state index in [1.165, 1.54) is 25.7 Å². The van der Waals surface area contributed by atoms with Gasteiger partial charge in [-0.3, -0.25) is 4.57 Å². The highest BCUT2D eigenvalue weighted by atomic mass is 16.1. The summed E-state index contributed by atoms with van der Waals surface area (Å²) in [5.41, 5.74) is 3.93. The second-order valence-electron chi connectivity index (χ2n) is 7.29. The number of anilines is 2. The summed E-state index contributed by atoms with van der Waals surface area (Å²) >= 11 is 0. The SMILES string of the molecule is CC1CCCCC1Cn1c(=O)[nH]c2cc(Nc3ccccc3)ccc21. The number of benzene rings is 2. The molecule has 2 atom stereocenters. The average Bonchev–Trinajstić information content (AvgIpc) is 2.92. The molecule has 0 radical (unpaired) electrons. The third-order valence-electron chi connectivity index (χ3n) is 5.54. The molecule has 1 saturated carbocycles. The predicted molar refractivity (Wildman–Crippen MR) is 103 cm³/mol. The summed E-state index contributed by atoms with van der Waals surface area (Å²) in [6.07, 6.45) is 5.13. The third-order valence-corrected chi connectivity index (χ3v) is 5.54. The molecule has 0 saturated heterocycles. The highest BCUT2D eigenvalue weighted by molar-refractivity contribution is 5.80. The van der Waals surface area contributed by atoms with Crippen LogP contribution in [0.4, 0.5) is 11.4 Å². The number of rotatable bonds is 4. The van der Waals surface area contributed by atoms with Crippen LogP contribution in [0.2, 0.25) is 0 Å². The van der Waals surface area contributed by atoms with Crippen molar-refractivity contribution in [3.05, 3.63) is 59.0 Å². The second kappa shape index (κ2) is 6.79. The first-order valence-corrected chi connectivity index (χ1v) is 9.25. The molecule has 0 bridgehead atoms. The number of nitrogens with one attached hydrogen (secondary N) is 2. The fraction of sp³-hybridized carbons (Fsp3) is 0.381. The molecule has 1 heterocycles. The van der Waals surface area contributed by atoms with E-state index in [9.17, 15) is 4.79 Å². The fourth-order valence-electron chi connectivity index (χ4n) is 4.01. The number of hydrogen-bond acceptors (Lipinski definition) is 2. The van der Waals surface area contributed by atoms with Gasteiger partial charge in [0.05, 0.1) is 11.0 Å². The molecule has 4 rings (SSSR count). The van der Waals surface area contributed by atoms with Crippen molar-refractivity contribution in [1.82, 2.24) is 9.55 Å². The molecule has 4 heteroatoms. The molecule has 2 N–H and O–H groups in total. The van der Waals surface area contributed by atoms with E-state index in [-0.39, 0.29) is 5.69 Å². The van der Waals surface area contributed by atoms with Crippen LogP contribution in [-0.4, -0.2) is 9.55 Å². The minimum absolute atomic E-state index is 0.00429. The lowest BCUT2D eigenvalue weighted by atomic mass is 9.80. The molecule has 4 nitrogen and oxygen atoms in total. The Labute approximate surface area is 147 Å². The number of hydrogen-bond donors (Lipinski definition) is 2. The van der Waals surface area contributed by atoms with Gasteiger partial charge in [0, 0.05) is 17.9 Å². The van der Waals surface area contributed by atoms with Crippen molar-refractivity contribution in [2.24, 2.45) is 11.8 Å². The number of nitrogens with zero attached hydrogens (tertiary/aromatic N) is 1. The highest BCUT2D eigenvalue weighted by Gasteiger charge is 2.23. The molecule has 1 aliphatic rings. The lowest BCUT2D eigenvalue weighted by Gasteiger charge is -2.28. The van der Waals surface area contributed by atoms with Crippen molar-refractivity contribution in [3.63, 3.8) is 0 Å². The molecule has 0 amide bonds. The molecule has 2 aromatic carbocycles. The minimum Gasteiger partial charge on any atom is -0.355 e. The van der Waals surface area contributed by atoms with E-state index in [4.69, 9.17) is 0 Å². The van der Waals surface area contributed by atoms with Crippen LogP contribution in [0.3, 0.4) is 0 Å². The van der Waals surface area contributed by atoms with Gasteiger partial charge in [-0.15, -0.1) is 0 Å². The van der Waals surface area contributed by atoms with Gasteiger partial charge in [-0.25, -0.2) is 4.79 Å². The van der Waals surface area contributed by atoms with E-state index in [1.54, 1.807) is 0 Å². The summed E-state index contributed by atoms with van der Waals surface area (Å²) in [6.45, 7) is 3.15. The van der Waals surface area contributed by atoms with E-state index < -0.39 is 0 Å². The molecule has 0 spiro atoms. The Morgan fingerprint density at radius 1 is 1.08 bits per heavy atom. The van der Waals surface area contributed by atoms with Gasteiger partial charge >= 0.3 is 5.69 Å². The van der Waals surface area contributed by atoms with E-state index in [1.807, 2.05) is 53.1 Å². The standard InChI is InChI=1S/C21H25N3O/c1-15-7-5-6-8-16(15)14-24-20-12-11-18(13-19(20)23-21(24)25)22-17-9-3-2-4-10-17/h2-4,9-13,15-16,22H,5-8,14H2,1H3,(H,23,25). The van der Waals surface area contributed by atoms with Crippen molar-refractivity contribution in [3.8, 4) is 0 Å². The number of aromatic amines is 1. The third kappa shape index (κ3) is 3.34. The Hall–Kier alpha value is -2.49. The summed E-state index contributed by atoms with van der Waals surface area (Å²) in [5, 5.41) is 3.38. The van der Waals surface area contributed by atoms with Crippen LogP contribution in [0, 0.1) is 11.8 Å². The van der Waals surface area contributed by atoms with Crippen LogP contribution >= 0.6 is 0 Å². The van der Waals surface area contributed by atoms with Crippen LogP contribution in [0.15, 0.2) is 53.3 Å². The largest absolute Gasteiger partial charge is 0.355 e. The number of para-hydroxylation sites is 1. The lowest BCUT2D eigenvalue weighted by Crippen LogP contribution is -2.27. The zero-order chi connectivity index (χ0) is 17.2. The maximum Gasteiger partial charge on any atom is 0.326 e. The zero-order valence-electron chi connectivity index (χ0n) is 14.7. The Balaban J connectivity index is 1.61. The quantitative estimate of drug-likeness (QED) is 0.712. The Morgan fingerprint density at radius 3 is 2.68 bits per heavy atom. The first-order chi connectivity index (χ1) is 12.2. The van der Waals surface area contributed by atoms with Crippen LogP contribution in [0.25, 0.3) is 11.0 Å². The maximum atomic E-state index is 12.5. The molecule has 130 valence electrons. The van der Waals surface area contributed by atoms with Crippen molar-refractivity contribution in [1.29, 1.82) is 0 Å². The van der Waals surface area contributed by atoms with Gasteiger partial charge in [0.2, 0.25) is 0 Å². The topological polar surface area (TPSA) is 49.8 Å². The molecule has 2 unspecified atom stereocenters. The summed E-state index contributed by atoms with van der Waals surface area (Å²) in [6, 6.07) is 16.2. The highest BCUT2D eigenvalue weighted by Crippen LogP contribution is 2.31. The number of H-pyrrole nitrogens is 1. The summed E-state index contributed by atoms with van der Waals surface area (Å²) in [4.78, 5) is 15.5. The molecular weight excluding hydrogens is 310 g/mol. The van der Waals surface area contributed by atoms with Crippen LogP contribution in [0.5, 0.6) is 0 Å². The first-order valence-electron chi connectivity index (χ1n) is 9.25. The van der Waals surface area contributed by atoms with E-state index >= 15 is 0 Å². The van der Waals surface area contributed by atoms with E-state index in [0.29, 0.717) is 11.8 Å². The van der Waals surface area contributed by atoms with E-state index in [0.717, 1.165) is 29.0 Å². The molecule has 3 aromatic rings. The van der Waals surface area contributed by atoms with Crippen molar-refractivity contribution in [2.45, 2.75) is 39.2 Å². The van der Waals surface area contributed by atoms with Crippen LogP contribution in [0.1, 0.15) is 32.6 Å². The van der Waals surface area contributed by atoms with Crippen molar-refractivity contribution in [2.75, 3.05) is 5.32 Å². The number of imidazole rings is 1. The molecule has 1 aromatic heterocycles. The second-order valence-corrected chi connectivity index (χ2v) is 7.29. The van der Waals surface area contributed by atoms with Gasteiger partial charge in [0.25, 0.3) is 0 Å². The Morgan fingerprint density at radius 2 is 1.88 bits per heavy atom. The summed E-state index contributed by atoms with van der Waals surface area (Å²) in [7, 11) is 0. The number of aromatic nitrogens is 2. The maximum absolute atomic E-state index is 12.5. The average molecular weight is 335 g/mol. The Kier molecular flexibility index (Phi) is 4.35. The Bertz CT molecular complexity index is 910. The molecule has 1 fully saturated rings. The lowest BCUT2D eigenvalue weighted by molar-refractivity contribution is 0.229. The van der Waals surface area contributed by atoms with Crippen molar-refractivity contribution < 1.29 is 0 Å². The number of fused-ring (bicyclic) bond motifs is 1. The fourth-order valence-corrected chi connectivity index (χ4v) is 4.01. The predicted octanol–water partition coefficient (Wildman–Crippen LogP) is 4.90. The minimum atomic E-state index is 0.00429. The summed E-state index contributed by atoms with van der Waals surface area (Å²) in [5.74, 6) is 1.30. The molecule has 25 heavy (non-hydrogen) atoms. The smallest absolute Gasteiger partial charge is 0.326 e. The summed E-state index contributed by atoms with van der Waals surface area (Å²) < 4.78 is 1.92. The van der Waals surface area contributed by atoms with Gasteiger partial charge < -0.3 is 10.3 Å². The molecule has 0 aliphatic heterocycles.